The van der Waals surface area contributed by atoms with Crippen LogP contribution in [0, 0.1) is 12.8 Å². The Balaban J connectivity index is 1.69. The van der Waals surface area contributed by atoms with E-state index in [1.165, 1.54) is 31.1 Å². The van der Waals surface area contributed by atoms with Crippen LogP contribution in [-0.2, 0) is 11.3 Å². The number of aryl methyl sites for hydroxylation is 1. The van der Waals surface area contributed by atoms with Crippen LogP contribution in [0.15, 0.2) is 6.07 Å². The molecule has 0 radical (unpaired) electrons. The lowest BCUT2D eigenvalue weighted by Crippen LogP contribution is -2.34. The number of rotatable bonds is 4. The fourth-order valence-corrected chi connectivity index (χ4v) is 4.70. The first kappa shape index (κ1) is 17.4. The van der Waals surface area contributed by atoms with Gasteiger partial charge >= 0.3 is 0 Å². The number of hydrogen-bond donors (Lipinski definition) is 1. The lowest BCUT2D eigenvalue weighted by molar-refractivity contribution is -0.114. The van der Waals surface area contributed by atoms with Gasteiger partial charge in [-0.1, -0.05) is 22.9 Å². The third kappa shape index (κ3) is 2.99. The van der Waals surface area contributed by atoms with Crippen LogP contribution in [0.2, 0.25) is 5.15 Å². The second kappa shape index (κ2) is 6.32. The van der Waals surface area contributed by atoms with Crippen LogP contribution in [0.4, 0.5) is 5.13 Å². The first-order chi connectivity index (χ1) is 12.3. The molecule has 1 atom stereocenters. The molecule has 1 unspecified atom stereocenters. The minimum Gasteiger partial charge on any atom is -0.331 e. The van der Waals surface area contributed by atoms with Crippen molar-refractivity contribution in [3.05, 3.63) is 28.0 Å². The van der Waals surface area contributed by atoms with Gasteiger partial charge in [0, 0.05) is 19.5 Å². The molecule has 2 aliphatic rings. The highest BCUT2D eigenvalue weighted by molar-refractivity contribution is 7.19. The number of carbonyl (C=O) groups excluding carboxylic acids is 2. The van der Waals surface area contributed by atoms with Crippen molar-refractivity contribution in [2.24, 2.45) is 5.92 Å². The maximum Gasteiger partial charge on any atom is 0.257 e. The third-order valence-corrected chi connectivity index (χ3v) is 6.35. The molecular formula is C18H19ClN4O2S. The van der Waals surface area contributed by atoms with Crippen molar-refractivity contribution in [2.45, 2.75) is 46.2 Å². The Labute approximate surface area is 160 Å². The van der Waals surface area contributed by atoms with Crippen molar-refractivity contribution in [1.82, 2.24) is 14.9 Å². The molecule has 2 aromatic rings. The molecule has 136 valence electrons. The van der Waals surface area contributed by atoms with Gasteiger partial charge in [0.15, 0.2) is 5.13 Å². The minimum absolute atomic E-state index is 0.0246. The summed E-state index contributed by atoms with van der Waals surface area (Å²) in [5.41, 5.74) is 2.89. The minimum atomic E-state index is -0.166. The van der Waals surface area contributed by atoms with Crippen molar-refractivity contribution in [2.75, 3.05) is 5.32 Å². The highest BCUT2D eigenvalue weighted by atomic mass is 35.5. The molecule has 0 aromatic carbocycles. The summed E-state index contributed by atoms with van der Waals surface area (Å²) >= 11 is 7.74. The van der Waals surface area contributed by atoms with Gasteiger partial charge < -0.3 is 10.2 Å². The predicted octanol–water partition coefficient (Wildman–Crippen LogP) is 3.88. The molecular weight excluding hydrogens is 372 g/mol. The number of hydrogen-bond acceptors (Lipinski definition) is 5. The lowest BCUT2D eigenvalue weighted by atomic mass is 10.1. The van der Waals surface area contributed by atoms with Gasteiger partial charge in [0.05, 0.1) is 21.8 Å². The molecule has 1 aliphatic heterocycles. The zero-order valence-corrected chi connectivity index (χ0v) is 16.4. The summed E-state index contributed by atoms with van der Waals surface area (Å²) in [4.78, 5) is 35.6. The van der Waals surface area contributed by atoms with Gasteiger partial charge in [0.2, 0.25) is 5.91 Å². The standard InChI is InChI=1S/C18H19ClN4O2S/c1-8-15(26-18(20-8)21-10(3)24)13-6-12-7-23(9(2)11-4-5-11)17(25)14(12)16(19)22-13/h6,9,11H,4-5,7H2,1-3H3,(H,20,21,24). The topological polar surface area (TPSA) is 75.2 Å². The highest BCUT2D eigenvalue weighted by Crippen LogP contribution is 2.41. The molecule has 1 aliphatic carbocycles. The fourth-order valence-electron chi connectivity index (χ4n) is 3.43. The maximum atomic E-state index is 12.8. The van der Waals surface area contributed by atoms with Crippen LogP contribution in [0.3, 0.4) is 0 Å². The van der Waals surface area contributed by atoms with E-state index in [-0.39, 0.29) is 23.0 Å². The summed E-state index contributed by atoms with van der Waals surface area (Å²) in [6.07, 6.45) is 2.37. The Kier molecular flexibility index (Phi) is 4.23. The zero-order valence-electron chi connectivity index (χ0n) is 14.8. The average Bonchev–Trinajstić information content (AvgIpc) is 3.27. The number of anilines is 1. The number of amides is 2. The predicted molar refractivity (Wildman–Crippen MR) is 101 cm³/mol. The number of pyridine rings is 1. The van der Waals surface area contributed by atoms with Crippen LogP contribution in [0.25, 0.3) is 10.6 Å². The second-order valence-electron chi connectivity index (χ2n) is 6.96. The van der Waals surface area contributed by atoms with E-state index in [0.717, 1.165) is 16.1 Å². The molecule has 6 nitrogen and oxygen atoms in total. The summed E-state index contributed by atoms with van der Waals surface area (Å²) in [6.45, 7) is 5.99. The van der Waals surface area contributed by atoms with E-state index >= 15 is 0 Å². The fraction of sp³-hybridized carbons (Fsp3) is 0.444. The number of carbonyl (C=O) groups is 2. The zero-order chi connectivity index (χ0) is 18.6. The average molecular weight is 391 g/mol. The van der Waals surface area contributed by atoms with E-state index in [1.54, 1.807) is 0 Å². The van der Waals surface area contributed by atoms with Gasteiger partial charge in [-0.2, -0.15) is 0 Å². The molecule has 26 heavy (non-hydrogen) atoms. The monoisotopic (exact) mass is 390 g/mol. The van der Waals surface area contributed by atoms with Crippen molar-refractivity contribution < 1.29 is 9.59 Å². The molecule has 0 saturated heterocycles. The Bertz CT molecular complexity index is 922. The van der Waals surface area contributed by atoms with E-state index < -0.39 is 0 Å². The second-order valence-corrected chi connectivity index (χ2v) is 8.32. The van der Waals surface area contributed by atoms with Crippen molar-refractivity contribution >= 4 is 39.9 Å². The number of halogens is 1. The summed E-state index contributed by atoms with van der Waals surface area (Å²) in [5, 5.41) is 3.47. The van der Waals surface area contributed by atoms with Gasteiger partial charge in [-0.05, 0) is 44.2 Å². The summed E-state index contributed by atoms with van der Waals surface area (Å²) in [7, 11) is 0. The number of thiazole rings is 1. The molecule has 0 bridgehead atoms. The van der Waals surface area contributed by atoms with E-state index in [4.69, 9.17) is 11.6 Å². The SMILES string of the molecule is CC(=O)Nc1nc(C)c(-c2cc3c(c(Cl)n2)C(=O)N(C(C)C2CC2)C3)s1. The number of aromatic nitrogens is 2. The molecule has 8 heteroatoms. The molecule has 1 saturated carbocycles. The number of nitrogens with zero attached hydrogens (tertiary/aromatic N) is 3. The largest absolute Gasteiger partial charge is 0.331 e. The Morgan fingerprint density at radius 2 is 2.15 bits per heavy atom. The van der Waals surface area contributed by atoms with E-state index in [9.17, 15) is 9.59 Å². The van der Waals surface area contributed by atoms with Gasteiger partial charge in [-0.15, -0.1) is 0 Å². The maximum absolute atomic E-state index is 12.8. The first-order valence-corrected chi connectivity index (χ1v) is 9.80. The summed E-state index contributed by atoms with van der Waals surface area (Å²) in [6, 6.07) is 2.16. The van der Waals surface area contributed by atoms with Gasteiger partial charge in [-0.25, -0.2) is 9.97 Å². The first-order valence-electron chi connectivity index (χ1n) is 8.61. The van der Waals surface area contributed by atoms with Crippen LogP contribution >= 0.6 is 22.9 Å². The van der Waals surface area contributed by atoms with E-state index in [1.807, 2.05) is 17.9 Å². The third-order valence-electron chi connectivity index (χ3n) is 4.98. The number of fused-ring (bicyclic) bond motifs is 1. The summed E-state index contributed by atoms with van der Waals surface area (Å²) in [5.74, 6) is 0.410. The van der Waals surface area contributed by atoms with Crippen LogP contribution < -0.4 is 5.32 Å². The van der Waals surface area contributed by atoms with Gasteiger partial charge in [0.25, 0.3) is 5.91 Å². The van der Waals surface area contributed by atoms with Gasteiger partial charge in [-0.3, -0.25) is 9.59 Å². The molecule has 1 N–H and O–H groups in total. The molecule has 3 heterocycles. The highest BCUT2D eigenvalue weighted by Gasteiger charge is 2.40. The normalized spacial score (nSPS) is 17.4. The molecule has 2 amide bonds. The van der Waals surface area contributed by atoms with E-state index in [2.05, 4.69) is 22.2 Å². The Hall–Kier alpha value is -1.99. The van der Waals surface area contributed by atoms with E-state index in [0.29, 0.717) is 28.9 Å². The molecule has 1 fully saturated rings. The molecule has 4 rings (SSSR count). The summed E-state index contributed by atoms with van der Waals surface area (Å²) < 4.78 is 0. The van der Waals surface area contributed by atoms with Gasteiger partial charge in [0.1, 0.15) is 5.15 Å². The Morgan fingerprint density at radius 3 is 2.81 bits per heavy atom. The van der Waals surface area contributed by atoms with Crippen molar-refractivity contribution in [3.63, 3.8) is 0 Å². The molecule has 2 aromatic heterocycles. The Morgan fingerprint density at radius 1 is 1.42 bits per heavy atom. The van der Waals surface area contributed by atoms with Crippen LogP contribution in [0.5, 0.6) is 0 Å². The van der Waals surface area contributed by atoms with Crippen molar-refractivity contribution in [1.29, 1.82) is 0 Å². The van der Waals surface area contributed by atoms with Crippen LogP contribution in [0.1, 0.15) is 48.3 Å². The quantitative estimate of drug-likeness (QED) is 0.804. The smallest absolute Gasteiger partial charge is 0.257 e. The van der Waals surface area contributed by atoms with Crippen LogP contribution in [-0.4, -0.2) is 32.7 Å². The molecule has 0 spiro atoms. The lowest BCUT2D eigenvalue weighted by Gasteiger charge is -2.23. The number of nitrogens with one attached hydrogen (secondary N) is 1. The van der Waals surface area contributed by atoms with Crippen molar-refractivity contribution in [3.8, 4) is 10.6 Å².